The van der Waals surface area contributed by atoms with Crippen LogP contribution in [0, 0.1) is 5.92 Å². The molecule has 1 aliphatic carbocycles. The van der Waals surface area contributed by atoms with Crippen LogP contribution in [-0.2, 0) is 0 Å². The van der Waals surface area contributed by atoms with Crippen molar-refractivity contribution in [1.29, 1.82) is 0 Å². The summed E-state index contributed by atoms with van der Waals surface area (Å²) in [4.78, 5) is 17.2. The summed E-state index contributed by atoms with van der Waals surface area (Å²) in [5, 5.41) is 23.4. The molecule has 1 atom stereocenters. The molecule has 0 unspecified atom stereocenters. The minimum absolute atomic E-state index is 0.0561. The van der Waals surface area contributed by atoms with E-state index in [1.165, 1.54) is 12.1 Å². The minimum atomic E-state index is -0.311. The molecule has 132 valence electrons. The summed E-state index contributed by atoms with van der Waals surface area (Å²) in [5.74, 6) is -0.0321. The number of phenols is 1. The van der Waals surface area contributed by atoms with Gasteiger partial charge in [-0.1, -0.05) is 24.3 Å². The van der Waals surface area contributed by atoms with E-state index in [1.807, 2.05) is 30.3 Å². The number of hydrogen-bond donors (Lipinski definition) is 3. The molecule has 1 heterocycles. The predicted molar refractivity (Wildman–Crippen MR) is 98.8 cm³/mol. The first-order valence-electron chi connectivity index (χ1n) is 8.73. The van der Waals surface area contributed by atoms with Crippen molar-refractivity contribution in [1.82, 2.24) is 10.3 Å². The fourth-order valence-corrected chi connectivity index (χ4v) is 3.51. The quantitative estimate of drug-likeness (QED) is 0.676. The molecule has 5 nitrogen and oxygen atoms in total. The molecule has 1 aliphatic rings. The Hall–Kier alpha value is -2.92. The number of hydrogen-bond acceptors (Lipinski definition) is 4. The number of phenolic OH excluding ortho intramolecular Hbond substituents is 1. The highest BCUT2D eigenvalue weighted by molar-refractivity contribution is 5.95. The van der Waals surface area contributed by atoms with E-state index in [0.29, 0.717) is 18.4 Å². The summed E-state index contributed by atoms with van der Waals surface area (Å²) in [6, 6.07) is 15.9. The Morgan fingerprint density at radius 2 is 1.92 bits per heavy atom. The zero-order valence-electron chi connectivity index (χ0n) is 14.2. The third-order valence-electron chi connectivity index (χ3n) is 4.99. The van der Waals surface area contributed by atoms with Gasteiger partial charge in [-0.3, -0.25) is 9.78 Å². The van der Waals surface area contributed by atoms with Gasteiger partial charge in [-0.15, -0.1) is 0 Å². The monoisotopic (exact) mass is 348 g/mol. The summed E-state index contributed by atoms with van der Waals surface area (Å²) in [6.45, 7) is 0. The highest BCUT2D eigenvalue weighted by Crippen LogP contribution is 2.38. The molecule has 4 rings (SSSR count). The van der Waals surface area contributed by atoms with Crippen molar-refractivity contribution in [3.05, 3.63) is 71.9 Å². The van der Waals surface area contributed by atoms with Crippen molar-refractivity contribution in [3.63, 3.8) is 0 Å². The van der Waals surface area contributed by atoms with Crippen LogP contribution in [0.25, 0.3) is 10.9 Å². The largest absolute Gasteiger partial charge is 0.508 e. The first-order chi connectivity index (χ1) is 12.6. The molecule has 0 saturated heterocycles. The molecule has 0 aliphatic heterocycles. The maximum Gasteiger partial charge on any atom is 0.251 e. The van der Waals surface area contributed by atoms with E-state index in [-0.39, 0.29) is 29.7 Å². The van der Waals surface area contributed by atoms with Crippen LogP contribution in [0.15, 0.2) is 60.8 Å². The number of aliphatic hydroxyl groups excluding tert-OH is 1. The van der Waals surface area contributed by atoms with E-state index < -0.39 is 0 Å². The third-order valence-corrected chi connectivity index (χ3v) is 4.99. The van der Waals surface area contributed by atoms with E-state index in [9.17, 15) is 15.0 Å². The number of rotatable bonds is 4. The normalized spacial score (nSPS) is 20.3. The summed E-state index contributed by atoms with van der Waals surface area (Å²) in [5.41, 5.74) is 2.24. The highest BCUT2D eigenvalue weighted by atomic mass is 16.3. The number of carbonyl (C=O) groups is 1. The van der Waals surface area contributed by atoms with Crippen molar-refractivity contribution >= 4 is 16.8 Å². The van der Waals surface area contributed by atoms with Crippen LogP contribution in [0.1, 0.15) is 34.8 Å². The van der Waals surface area contributed by atoms with Crippen molar-refractivity contribution in [2.24, 2.45) is 5.92 Å². The molecule has 0 spiro atoms. The van der Waals surface area contributed by atoms with Crippen LogP contribution in [0.2, 0.25) is 0 Å². The topological polar surface area (TPSA) is 82.5 Å². The summed E-state index contributed by atoms with van der Waals surface area (Å²) in [7, 11) is 0. The third kappa shape index (κ3) is 3.26. The molecular weight excluding hydrogens is 328 g/mol. The van der Waals surface area contributed by atoms with Gasteiger partial charge in [-0.2, -0.15) is 0 Å². The zero-order chi connectivity index (χ0) is 18.1. The van der Waals surface area contributed by atoms with Crippen molar-refractivity contribution in [3.8, 4) is 5.75 Å². The second-order valence-corrected chi connectivity index (χ2v) is 6.85. The molecule has 1 amide bonds. The van der Waals surface area contributed by atoms with Crippen molar-refractivity contribution < 1.29 is 15.0 Å². The Labute approximate surface area is 151 Å². The van der Waals surface area contributed by atoms with E-state index in [1.54, 1.807) is 18.3 Å². The van der Waals surface area contributed by atoms with Gasteiger partial charge >= 0.3 is 0 Å². The molecule has 2 aromatic carbocycles. The van der Waals surface area contributed by atoms with E-state index in [2.05, 4.69) is 10.3 Å². The van der Waals surface area contributed by atoms with Crippen LogP contribution < -0.4 is 5.32 Å². The summed E-state index contributed by atoms with van der Waals surface area (Å²) < 4.78 is 0. The summed E-state index contributed by atoms with van der Waals surface area (Å²) >= 11 is 0. The molecule has 0 radical (unpaired) electrons. The van der Waals surface area contributed by atoms with E-state index in [4.69, 9.17) is 0 Å². The van der Waals surface area contributed by atoms with Crippen LogP contribution in [0.5, 0.6) is 5.75 Å². The van der Waals surface area contributed by atoms with Crippen molar-refractivity contribution in [2.45, 2.75) is 25.0 Å². The maximum absolute atomic E-state index is 12.7. The number of para-hydroxylation sites is 1. The first-order valence-corrected chi connectivity index (χ1v) is 8.73. The molecule has 1 aromatic heterocycles. The number of nitrogens with zero attached hydrogens (tertiary/aromatic N) is 1. The van der Waals surface area contributed by atoms with Gasteiger partial charge in [0.15, 0.2) is 0 Å². The SMILES string of the molecule is O=C(N[C@@H](c1cnc2ccccc2c1)C1CC(O)C1)c1cccc(O)c1. The van der Waals surface area contributed by atoms with E-state index in [0.717, 1.165) is 16.5 Å². The lowest BCUT2D eigenvalue weighted by atomic mass is 9.75. The lowest BCUT2D eigenvalue weighted by Gasteiger charge is -2.38. The standard InChI is InChI=1S/C21H20N2O3/c24-17-6-3-5-14(9-17)21(26)23-20(15-10-18(25)11-15)16-8-13-4-1-2-7-19(13)22-12-16/h1-9,12,15,18,20,24-25H,10-11H2,(H,23,26)/t15?,18?,20-/m1/s1. The van der Waals surface area contributed by atoms with Gasteiger partial charge in [0.25, 0.3) is 5.91 Å². The van der Waals surface area contributed by atoms with Crippen LogP contribution in [0.4, 0.5) is 0 Å². The second-order valence-electron chi connectivity index (χ2n) is 6.85. The Kier molecular flexibility index (Phi) is 4.31. The highest BCUT2D eigenvalue weighted by Gasteiger charge is 2.36. The molecule has 5 heteroatoms. The van der Waals surface area contributed by atoms with Crippen LogP contribution in [0.3, 0.4) is 0 Å². The Bertz CT molecular complexity index is 951. The number of fused-ring (bicyclic) bond motifs is 1. The Balaban J connectivity index is 1.64. The predicted octanol–water partition coefficient (Wildman–Crippen LogP) is 3.18. The first kappa shape index (κ1) is 16.5. The van der Waals surface area contributed by atoms with Crippen LogP contribution >= 0.6 is 0 Å². The number of aromatic hydroxyl groups is 1. The average Bonchev–Trinajstić information content (AvgIpc) is 2.63. The zero-order valence-corrected chi connectivity index (χ0v) is 14.2. The average molecular weight is 348 g/mol. The lowest BCUT2D eigenvalue weighted by Crippen LogP contribution is -2.41. The number of pyridine rings is 1. The molecule has 26 heavy (non-hydrogen) atoms. The lowest BCUT2D eigenvalue weighted by molar-refractivity contribution is 0.0235. The number of amides is 1. The summed E-state index contributed by atoms with van der Waals surface area (Å²) in [6.07, 6.45) is 2.78. The van der Waals surface area contributed by atoms with Crippen molar-refractivity contribution in [2.75, 3.05) is 0 Å². The molecule has 0 bridgehead atoms. The number of nitrogens with one attached hydrogen (secondary N) is 1. The molecule has 1 saturated carbocycles. The maximum atomic E-state index is 12.7. The molecule has 3 aromatic rings. The smallest absolute Gasteiger partial charge is 0.251 e. The molecule has 3 N–H and O–H groups in total. The van der Waals surface area contributed by atoms with E-state index >= 15 is 0 Å². The van der Waals surface area contributed by atoms with Gasteiger partial charge in [0.1, 0.15) is 5.75 Å². The number of aromatic nitrogens is 1. The van der Waals surface area contributed by atoms with Gasteiger partial charge in [0.05, 0.1) is 17.7 Å². The van der Waals surface area contributed by atoms with Crippen LogP contribution in [-0.4, -0.2) is 27.2 Å². The van der Waals surface area contributed by atoms with Gasteiger partial charge in [-0.05, 0) is 54.7 Å². The van der Waals surface area contributed by atoms with Gasteiger partial charge < -0.3 is 15.5 Å². The number of carbonyl (C=O) groups excluding carboxylic acids is 1. The number of benzene rings is 2. The fraction of sp³-hybridized carbons (Fsp3) is 0.238. The van der Waals surface area contributed by atoms with Gasteiger partial charge in [0, 0.05) is 17.1 Å². The molecular formula is C21H20N2O3. The van der Waals surface area contributed by atoms with Gasteiger partial charge in [0.2, 0.25) is 0 Å². The Morgan fingerprint density at radius 3 is 2.69 bits per heavy atom. The van der Waals surface area contributed by atoms with Gasteiger partial charge in [-0.25, -0.2) is 0 Å². The minimum Gasteiger partial charge on any atom is -0.508 e. The fourth-order valence-electron chi connectivity index (χ4n) is 3.51. The molecule has 1 fully saturated rings. The number of aliphatic hydroxyl groups is 1. The second kappa shape index (κ2) is 6.77. The Morgan fingerprint density at radius 1 is 1.12 bits per heavy atom.